The number of nitrogens with one attached hydrogen (secondary N) is 1. The average molecular weight is 423 g/mol. The molecule has 1 fully saturated rings. The van der Waals surface area contributed by atoms with Crippen LogP contribution in [0.25, 0.3) is 10.9 Å². The molecule has 2 aliphatic rings. The van der Waals surface area contributed by atoms with E-state index in [0.29, 0.717) is 25.1 Å². The molecule has 3 heterocycles. The molecule has 0 bridgehead atoms. The maximum absolute atomic E-state index is 15.3. The molecule has 5 rings (SSSR count). The number of amides is 1. The van der Waals surface area contributed by atoms with Crippen molar-refractivity contribution in [2.24, 2.45) is 5.73 Å². The van der Waals surface area contributed by atoms with E-state index in [2.05, 4.69) is 10.3 Å². The van der Waals surface area contributed by atoms with Gasteiger partial charge in [0.2, 0.25) is 5.43 Å². The van der Waals surface area contributed by atoms with E-state index in [1.807, 2.05) is 22.8 Å². The van der Waals surface area contributed by atoms with Crippen LogP contribution in [0.2, 0.25) is 0 Å². The van der Waals surface area contributed by atoms with Crippen molar-refractivity contribution in [3.8, 4) is 5.75 Å². The van der Waals surface area contributed by atoms with Crippen LogP contribution in [0.5, 0.6) is 5.75 Å². The monoisotopic (exact) mass is 423 g/mol. The van der Waals surface area contributed by atoms with Gasteiger partial charge < -0.3 is 26.1 Å². The van der Waals surface area contributed by atoms with Gasteiger partial charge in [0, 0.05) is 24.6 Å². The van der Waals surface area contributed by atoms with E-state index in [9.17, 15) is 9.59 Å². The van der Waals surface area contributed by atoms with Crippen molar-refractivity contribution in [3.05, 3.63) is 57.9 Å². The van der Waals surface area contributed by atoms with Gasteiger partial charge in [0.1, 0.15) is 17.9 Å². The summed E-state index contributed by atoms with van der Waals surface area (Å²) >= 11 is 0. The predicted octanol–water partition coefficient (Wildman–Crippen LogP) is 2.14. The average Bonchev–Trinajstić information content (AvgIpc) is 3.54. The van der Waals surface area contributed by atoms with Crippen molar-refractivity contribution in [3.63, 3.8) is 0 Å². The van der Waals surface area contributed by atoms with Crippen LogP contribution >= 0.6 is 0 Å². The van der Waals surface area contributed by atoms with Crippen LogP contribution in [-0.4, -0.2) is 28.6 Å². The Labute approximate surface area is 177 Å². The first-order valence-electron chi connectivity index (χ1n) is 10.2. The molecule has 2 aromatic heterocycles. The molecule has 1 spiro atoms. The van der Waals surface area contributed by atoms with Crippen LogP contribution in [0.15, 0.2) is 35.4 Å². The summed E-state index contributed by atoms with van der Waals surface area (Å²) < 4.78 is 23.1. The van der Waals surface area contributed by atoms with Crippen molar-refractivity contribution in [2.45, 2.75) is 31.2 Å². The lowest BCUT2D eigenvalue weighted by molar-refractivity contribution is 0.0998. The number of hydrogen-bond acceptors (Lipinski definition) is 6. The third-order valence-electron chi connectivity index (χ3n) is 6.10. The number of hydrogen-bond donors (Lipinski definition) is 3. The van der Waals surface area contributed by atoms with Gasteiger partial charge in [-0.1, -0.05) is 6.07 Å². The predicted molar refractivity (Wildman–Crippen MR) is 115 cm³/mol. The molecule has 5 N–H and O–H groups in total. The van der Waals surface area contributed by atoms with E-state index in [-0.39, 0.29) is 33.6 Å². The minimum absolute atomic E-state index is 0.0613. The van der Waals surface area contributed by atoms with Crippen molar-refractivity contribution in [1.82, 2.24) is 9.55 Å². The highest BCUT2D eigenvalue weighted by Gasteiger charge is 2.49. The number of benzene rings is 1. The molecular formula is C22H22FN5O3. The topological polar surface area (TPSA) is 125 Å². The highest BCUT2D eigenvalue weighted by atomic mass is 19.1. The summed E-state index contributed by atoms with van der Waals surface area (Å²) in [6.07, 6.45) is 6.29. The zero-order valence-electron chi connectivity index (χ0n) is 16.8. The molecule has 3 aromatic rings. The van der Waals surface area contributed by atoms with Gasteiger partial charge in [-0.3, -0.25) is 14.6 Å². The van der Waals surface area contributed by atoms with Crippen LogP contribution in [0.3, 0.4) is 0 Å². The number of nitrogens with two attached hydrogens (primary N) is 2. The van der Waals surface area contributed by atoms with E-state index in [1.54, 1.807) is 6.20 Å². The van der Waals surface area contributed by atoms with Gasteiger partial charge in [-0.25, -0.2) is 4.39 Å². The van der Waals surface area contributed by atoms with Gasteiger partial charge in [0.15, 0.2) is 11.6 Å². The number of fused-ring (bicyclic) bond motifs is 1. The molecule has 0 radical (unpaired) electrons. The smallest absolute Gasteiger partial charge is 0.254 e. The SMILES string of the molecule is NC(=O)c1cn2c3c(c(NCCCc4ccccn4)c(F)c(N)c3c1=O)OCC21CC1. The number of nitrogen functional groups attached to an aromatic ring is 1. The third kappa shape index (κ3) is 2.99. The fraction of sp³-hybridized carbons (Fsp3) is 0.318. The second-order valence-electron chi connectivity index (χ2n) is 8.13. The van der Waals surface area contributed by atoms with E-state index in [4.69, 9.17) is 16.2 Å². The molecular weight excluding hydrogens is 401 g/mol. The van der Waals surface area contributed by atoms with Gasteiger partial charge in [0.25, 0.3) is 5.91 Å². The Hall–Kier alpha value is -3.62. The molecule has 1 amide bonds. The number of anilines is 2. The molecule has 1 aliphatic heterocycles. The first-order valence-corrected chi connectivity index (χ1v) is 10.2. The maximum Gasteiger partial charge on any atom is 0.254 e. The van der Waals surface area contributed by atoms with E-state index in [1.165, 1.54) is 6.20 Å². The summed E-state index contributed by atoms with van der Waals surface area (Å²) in [6.45, 7) is 0.783. The third-order valence-corrected chi connectivity index (χ3v) is 6.10. The van der Waals surface area contributed by atoms with Crippen LogP contribution in [0.4, 0.5) is 15.8 Å². The lowest BCUT2D eigenvalue weighted by atomic mass is 10.0. The molecule has 31 heavy (non-hydrogen) atoms. The van der Waals surface area contributed by atoms with Crippen LogP contribution in [-0.2, 0) is 12.0 Å². The Morgan fingerprint density at radius 2 is 2.16 bits per heavy atom. The molecule has 1 aromatic carbocycles. The van der Waals surface area contributed by atoms with Crippen molar-refractivity contribution < 1.29 is 13.9 Å². The van der Waals surface area contributed by atoms with Crippen molar-refractivity contribution in [1.29, 1.82) is 0 Å². The lowest BCUT2D eigenvalue weighted by Crippen LogP contribution is -2.35. The molecule has 9 heteroatoms. The second-order valence-corrected chi connectivity index (χ2v) is 8.13. The number of halogens is 1. The molecule has 0 atom stereocenters. The fourth-order valence-electron chi connectivity index (χ4n) is 4.23. The minimum Gasteiger partial charge on any atom is -0.487 e. The summed E-state index contributed by atoms with van der Waals surface area (Å²) in [4.78, 5) is 29.0. The highest BCUT2D eigenvalue weighted by Crippen LogP contribution is 2.52. The van der Waals surface area contributed by atoms with Gasteiger partial charge in [-0.2, -0.15) is 0 Å². The summed E-state index contributed by atoms with van der Waals surface area (Å²) in [6, 6.07) is 5.71. The van der Waals surface area contributed by atoms with E-state index < -0.39 is 17.2 Å². The number of carbonyl (C=O) groups is 1. The zero-order chi connectivity index (χ0) is 21.8. The summed E-state index contributed by atoms with van der Waals surface area (Å²) in [5.74, 6) is -1.39. The summed E-state index contributed by atoms with van der Waals surface area (Å²) in [7, 11) is 0. The number of aryl methyl sites for hydroxylation is 1. The molecule has 8 nitrogen and oxygen atoms in total. The number of carbonyl (C=O) groups excluding carboxylic acids is 1. The highest BCUT2D eigenvalue weighted by molar-refractivity contribution is 6.04. The fourth-order valence-corrected chi connectivity index (χ4v) is 4.23. The number of pyridine rings is 2. The minimum atomic E-state index is -0.865. The summed E-state index contributed by atoms with van der Waals surface area (Å²) in [5, 5.41) is 3.03. The van der Waals surface area contributed by atoms with Crippen LogP contribution in [0.1, 0.15) is 35.3 Å². The molecule has 1 aliphatic carbocycles. The van der Waals surface area contributed by atoms with Crippen LogP contribution in [0, 0.1) is 5.82 Å². The number of primary amides is 1. The number of rotatable bonds is 6. The Kier molecular flexibility index (Phi) is 4.35. The molecule has 160 valence electrons. The first kappa shape index (κ1) is 19.3. The molecule has 0 saturated heterocycles. The Morgan fingerprint density at radius 3 is 2.84 bits per heavy atom. The standard InChI is InChI=1S/C22H22FN5O3/c23-15-16(24)14-18-20(17(15)27-9-3-5-12-4-1-2-8-26-12)31-11-22(6-7-22)28(18)10-13(19(14)29)21(25)30/h1-2,4,8,10,27H,3,5-7,9,11,24H2,(H2,25,30). The quantitative estimate of drug-likeness (QED) is 0.412. The number of ether oxygens (including phenoxy) is 1. The van der Waals surface area contributed by atoms with E-state index in [0.717, 1.165) is 25.0 Å². The number of nitrogens with zero attached hydrogens (tertiary/aromatic N) is 2. The molecule has 0 unspecified atom stereocenters. The van der Waals surface area contributed by atoms with Crippen LogP contribution < -0.4 is 26.9 Å². The van der Waals surface area contributed by atoms with Gasteiger partial charge in [-0.15, -0.1) is 0 Å². The summed E-state index contributed by atoms with van der Waals surface area (Å²) in [5.41, 5.74) is 11.4. The van der Waals surface area contributed by atoms with E-state index >= 15 is 4.39 Å². The van der Waals surface area contributed by atoms with Gasteiger partial charge in [-0.05, 0) is 37.8 Å². The number of aromatic nitrogens is 2. The Balaban J connectivity index is 1.57. The lowest BCUT2D eigenvalue weighted by Gasteiger charge is -2.31. The largest absolute Gasteiger partial charge is 0.487 e. The van der Waals surface area contributed by atoms with Gasteiger partial charge >= 0.3 is 0 Å². The van der Waals surface area contributed by atoms with Crippen molar-refractivity contribution >= 4 is 28.2 Å². The van der Waals surface area contributed by atoms with Gasteiger partial charge in [0.05, 0.1) is 22.1 Å². The van der Waals surface area contributed by atoms with Crippen molar-refractivity contribution in [2.75, 3.05) is 24.2 Å². The second kappa shape index (κ2) is 6.97. The molecule has 1 saturated carbocycles. The maximum atomic E-state index is 15.3. The normalized spacial score (nSPS) is 15.6. The Morgan fingerprint density at radius 1 is 1.35 bits per heavy atom. The first-order chi connectivity index (χ1) is 14.9. The Bertz CT molecular complexity index is 1270. The zero-order valence-corrected chi connectivity index (χ0v) is 16.8.